The molecule has 1 unspecified atom stereocenters. The van der Waals surface area contributed by atoms with E-state index in [4.69, 9.17) is 11.5 Å². The van der Waals surface area contributed by atoms with Crippen molar-refractivity contribution in [1.82, 2.24) is 4.90 Å². The van der Waals surface area contributed by atoms with Crippen LogP contribution in [-0.4, -0.2) is 49.1 Å². The molecule has 6 nitrogen and oxygen atoms in total. The van der Waals surface area contributed by atoms with Crippen molar-refractivity contribution in [1.29, 1.82) is 0 Å². The number of hydrogen-bond acceptors (Lipinski definition) is 5. The molecule has 0 fully saturated rings. The van der Waals surface area contributed by atoms with Crippen molar-refractivity contribution >= 4 is 18.5 Å². The molecule has 0 aromatic heterocycles. The molecule has 0 spiro atoms. The van der Waals surface area contributed by atoms with E-state index in [0.717, 1.165) is 24.7 Å². The maximum atomic E-state index is 12.2. The van der Waals surface area contributed by atoms with Crippen LogP contribution >= 0.6 is 0 Å². The number of nitrogens with zero attached hydrogens (tertiary/aromatic N) is 1. The van der Waals surface area contributed by atoms with Crippen LogP contribution in [0.25, 0.3) is 0 Å². The van der Waals surface area contributed by atoms with Crippen LogP contribution in [-0.2, 0) is 14.4 Å². The molecule has 0 bridgehead atoms. The number of nitrogens with two attached hydrogens (primary N) is 2. The number of carbonyl (C=O) groups excluding carboxylic acids is 3. The van der Waals surface area contributed by atoms with Gasteiger partial charge >= 0.3 is 0 Å². The quantitative estimate of drug-likeness (QED) is 0.488. The average Bonchev–Trinajstić information content (AvgIpc) is 2.46. The van der Waals surface area contributed by atoms with E-state index in [9.17, 15) is 14.4 Å². The Labute approximate surface area is 119 Å². The molecule has 0 aliphatic carbocycles. The van der Waals surface area contributed by atoms with Gasteiger partial charge in [-0.3, -0.25) is 9.59 Å². The predicted octanol–water partition coefficient (Wildman–Crippen LogP) is -0.385. The number of unbranched alkanes of at least 4 members (excludes halogenated alkanes) is 1. The lowest BCUT2D eigenvalue weighted by Crippen LogP contribution is -2.49. The Bertz CT molecular complexity index is 406. The summed E-state index contributed by atoms with van der Waals surface area (Å²) >= 11 is 0. The van der Waals surface area contributed by atoms with E-state index in [-0.39, 0.29) is 12.5 Å². The van der Waals surface area contributed by atoms with Crippen molar-refractivity contribution in [3.05, 3.63) is 11.1 Å². The molecule has 0 saturated heterocycles. The highest BCUT2D eigenvalue weighted by Crippen LogP contribution is 2.21. The molecule has 1 rings (SSSR count). The molecular formula is C14H23N3O3. The van der Waals surface area contributed by atoms with Crippen molar-refractivity contribution in [2.45, 2.75) is 32.2 Å². The molecule has 4 N–H and O–H groups in total. The lowest BCUT2D eigenvalue weighted by Gasteiger charge is -2.33. The van der Waals surface area contributed by atoms with E-state index < -0.39 is 12.0 Å². The fourth-order valence-electron chi connectivity index (χ4n) is 2.32. The summed E-state index contributed by atoms with van der Waals surface area (Å²) in [5, 5.41) is 0. The minimum atomic E-state index is -0.597. The first-order valence-corrected chi connectivity index (χ1v) is 6.89. The van der Waals surface area contributed by atoms with Gasteiger partial charge in [-0.25, -0.2) is 0 Å². The van der Waals surface area contributed by atoms with E-state index in [1.165, 1.54) is 4.90 Å². The second-order valence-electron chi connectivity index (χ2n) is 5.18. The van der Waals surface area contributed by atoms with Crippen LogP contribution in [0.15, 0.2) is 11.1 Å². The number of carbonyl (C=O) groups is 3. The Morgan fingerprint density at radius 2 is 2.15 bits per heavy atom. The average molecular weight is 281 g/mol. The van der Waals surface area contributed by atoms with Crippen LogP contribution in [0.1, 0.15) is 26.2 Å². The Morgan fingerprint density at radius 3 is 2.70 bits per heavy atom. The first-order valence-electron chi connectivity index (χ1n) is 6.89. The third-order valence-corrected chi connectivity index (χ3v) is 3.75. The molecule has 0 aromatic carbocycles. The van der Waals surface area contributed by atoms with Crippen molar-refractivity contribution in [3.8, 4) is 0 Å². The summed E-state index contributed by atoms with van der Waals surface area (Å²) in [7, 11) is 0. The molecule has 1 aliphatic heterocycles. The second-order valence-corrected chi connectivity index (χ2v) is 5.18. The van der Waals surface area contributed by atoms with Gasteiger partial charge in [-0.2, -0.15) is 0 Å². The van der Waals surface area contributed by atoms with Gasteiger partial charge in [0.1, 0.15) is 12.6 Å². The summed E-state index contributed by atoms with van der Waals surface area (Å²) < 4.78 is 0. The number of hydrogen-bond donors (Lipinski definition) is 2. The number of rotatable bonds is 7. The Balaban J connectivity index is 2.70. The highest BCUT2D eigenvalue weighted by Gasteiger charge is 2.30. The zero-order chi connectivity index (χ0) is 15.1. The van der Waals surface area contributed by atoms with Crippen molar-refractivity contribution in [2.24, 2.45) is 17.4 Å². The molecule has 0 aromatic rings. The molecule has 20 heavy (non-hydrogen) atoms. The molecular weight excluding hydrogens is 258 g/mol. The van der Waals surface area contributed by atoms with Crippen molar-refractivity contribution in [3.63, 3.8) is 0 Å². The molecule has 1 heterocycles. The van der Waals surface area contributed by atoms with Gasteiger partial charge in [0.05, 0.1) is 12.0 Å². The van der Waals surface area contributed by atoms with Gasteiger partial charge in [0.25, 0.3) is 0 Å². The number of amides is 1. The SMILES string of the molecule is CC1=C(C=O)CN(C(=O)[C@@H](N)CCCCN)CC1C=O. The summed E-state index contributed by atoms with van der Waals surface area (Å²) in [6.07, 6.45) is 3.68. The first kappa shape index (κ1) is 16.5. The van der Waals surface area contributed by atoms with E-state index >= 15 is 0 Å². The minimum absolute atomic E-state index is 0.208. The third kappa shape index (κ3) is 3.98. The fourth-order valence-corrected chi connectivity index (χ4v) is 2.32. The summed E-state index contributed by atoms with van der Waals surface area (Å²) in [4.78, 5) is 35.8. The molecule has 1 amide bonds. The maximum Gasteiger partial charge on any atom is 0.239 e. The van der Waals surface area contributed by atoms with Gasteiger partial charge in [0.15, 0.2) is 0 Å². The molecule has 1 aliphatic rings. The predicted molar refractivity (Wildman–Crippen MR) is 75.8 cm³/mol. The van der Waals surface area contributed by atoms with Gasteiger partial charge in [-0.1, -0.05) is 12.0 Å². The lowest BCUT2D eigenvalue weighted by atomic mass is 9.92. The molecule has 112 valence electrons. The number of aldehydes is 2. The Kier molecular flexibility index (Phi) is 6.54. The summed E-state index contributed by atoms with van der Waals surface area (Å²) in [5.74, 6) is -0.620. The zero-order valence-electron chi connectivity index (χ0n) is 11.9. The van der Waals surface area contributed by atoms with E-state index in [2.05, 4.69) is 0 Å². The molecule has 6 heteroatoms. The van der Waals surface area contributed by atoms with Gasteiger partial charge in [-0.05, 0) is 26.3 Å². The summed E-state index contributed by atoms with van der Waals surface area (Å²) in [6, 6.07) is -0.597. The highest BCUT2D eigenvalue weighted by atomic mass is 16.2. The van der Waals surface area contributed by atoms with Crippen LogP contribution in [0, 0.1) is 5.92 Å². The lowest BCUT2D eigenvalue weighted by molar-refractivity contribution is -0.133. The van der Waals surface area contributed by atoms with E-state index in [1.54, 1.807) is 6.92 Å². The minimum Gasteiger partial charge on any atom is -0.336 e. The van der Waals surface area contributed by atoms with Crippen LogP contribution in [0.3, 0.4) is 0 Å². The van der Waals surface area contributed by atoms with Gasteiger partial charge in [0.2, 0.25) is 5.91 Å². The smallest absolute Gasteiger partial charge is 0.239 e. The standard InChI is InChI=1S/C14H23N3O3/c1-10-11(8-18)6-17(7-12(10)9-19)14(20)13(16)4-2-3-5-15/h8-9,11,13H,2-7,15-16H2,1H3/t11?,13-/m0/s1. The first-order chi connectivity index (χ1) is 9.54. The largest absolute Gasteiger partial charge is 0.336 e. The second kappa shape index (κ2) is 7.91. The third-order valence-electron chi connectivity index (χ3n) is 3.75. The maximum absolute atomic E-state index is 12.2. The van der Waals surface area contributed by atoms with E-state index in [1.807, 2.05) is 0 Å². The normalized spacial score (nSPS) is 20.8. The Hall–Kier alpha value is -1.53. The molecule has 0 radical (unpaired) electrons. The molecule has 2 atom stereocenters. The van der Waals surface area contributed by atoms with Gasteiger partial charge < -0.3 is 21.2 Å². The monoisotopic (exact) mass is 281 g/mol. The van der Waals surface area contributed by atoms with Gasteiger partial charge in [-0.15, -0.1) is 0 Å². The fraction of sp³-hybridized carbons (Fsp3) is 0.643. The zero-order valence-corrected chi connectivity index (χ0v) is 11.9. The topological polar surface area (TPSA) is 106 Å². The Morgan fingerprint density at radius 1 is 1.45 bits per heavy atom. The van der Waals surface area contributed by atoms with Crippen LogP contribution < -0.4 is 11.5 Å². The highest BCUT2D eigenvalue weighted by molar-refractivity contribution is 5.86. The summed E-state index contributed by atoms with van der Waals surface area (Å²) in [6.45, 7) is 2.88. The van der Waals surface area contributed by atoms with Crippen LogP contribution in [0.5, 0.6) is 0 Å². The van der Waals surface area contributed by atoms with Crippen molar-refractivity contribution in [2.75, 3.05) is 19.6 Å². The molecule has 0 saturated carbocycles. The van der Waals surface area contributed by atoms with E-state index in [0.29, 0.717) is 31.4 Å². The van der Waals surface area contributed by atoms with Crippen LogP contribution in [0.2, 0.25) is 0 Å². The van der Waals surface area contributed by atoms with Gasteiger partial charge in [0, 0.05) is 18.7 Å². The van der Waals surface area contributed by atoms with Crippen molar-refractivity contribution < 1.29 is 14.4 Å². The summed E-state index contributed by atoms with van der Waals surface area (Å²) in [5.41, 5.74) is 12.5. The van der Waals surface area contributed by atoms with Crippen LogP contribution in [0.4, 0.5) is 0 Å².